The van der Waals surface area contributed by atoms with E-state index in [9.17, 15) is 13.2 Å². The molecule has 1 aliphatic rings. The maximum Gasteiger partial charge on any atom is 0.419 e. The van der Waals surface area contributed by atoms with Crippen molar-refractivity contribution in [2.24, 2.45) is 13.0 Å². The Kier molecular flexibility index (Phi) is 4.87. The first-order valence-corrected chi connectivity index (χ1v) is 10.4. The van der Waals surface area contributed by atoms with Gasteiger partial charge in [0.2, 0.25) is 0 Å². The van der Waals surface area contributed by atoms with E-state index in [0.29, 0.717) is 17.0 Å². The van der Waals surface area contributed by atoms with E-state index in [4.69, 9.17) is 0 Å². The fourth-order valence-corrected chi connectivity index (χ4v) is 4.44. The maximum absolute atomic E-state index is 13.6. The first-order chi connectivity index (χ1) is 15.4. The molecule has 2 N–H and O–H groups in total. The number of nitrogens with one attached hydrogen (secondary N) is 2. The number of aromatic amines is 1. The third-order valence-corrected chi connectivity index (χ3v) is 6.27. The molecule has 1 aromatic carbocycles. The summed E-state index contributed by atoms with van der Waals surface area (Å²) in [4.78, 5) is 4.07. The van der Waals surface area contributed by atoms with Crippen molar-refractivity contribution in [1.82, 2.24) is 29.9 Å². The summed E-state index contributed by atoms with van der Waals surface area (Å²) in [6, 6.07) is 8.93. The number of hydrogen-bond acceptors (Lipinski definition) is 5. The van der Waals surface area contributed by atoms with E-state index in [1.54, 1.807) is 6.33 Å². The van der Waals surface area contributed by atoms with Crippen LogP contribution in [0.5, 0.6) is 0 Å². The van der Waals surface area contributed by atoms with Crippen LogP contribution in [-0.2, 0) is 13.2 Å². The van der Waals surface area contributed by atoms with Crippen molar-refractivity contribution in [2.45, 2.75) is 31.4 Å². The molecule has 0 amide bonds. The van der Waals surface area contributed by atoms with E-state index < -0.39 is 11.7 Å². The van der Waals surface area contributed by atoms with E-state index in [1.807, 2.05) is 35.9 Å². The summed E-state index contributed by atoms with van der Waals surface area (Å²) >= 11 is 0. The molecule has 3 heterocycles. The Morgan fingerprint density at radius 1 is 1.22 bits per heavy atom. The first kappa shape index (κ1) is 20.5. The summed E-state index contributed by atoms with van der Waals surface area (Å²) in [6.07, 6.45) is 0.567. The number of alkyl halides is 3. The minimum absolute atomic E-state index is 0.0742. The van der Waals surface area contributed by atoms with E-state index in [2.05, 4.69) is 30.7 Å². The monoisotopic (exact) mass is 441 g/mol. The van der Waals surface area contributed by atoms with Crippen LogP contribution >= 0.6 is 0 Å². The highest BCUT2D eigenvalue weighted by Crippen LogP contribution is 2.43. The number of halogens is 3. The van der Waals surface area contributed by atoms with Crippen LogP contribution in [0.3, 0.4) is 0 Å². The van der Waals surface area contributed by atoms with Gasteiger partial charge in [0.25, 0.3) is 0 Å². The number of fused-ring (bicyclic) bond motifs is 1. The van der Waals surface area contributed by atoms with Crippen molar-refractivity contribution in [3.63, 3.8) is 0 Å². The van der Waals surface area contributed by atoms with Gasteiger partial charge < -0.3 is 9.88 Å². The van der Waals surface area contributed by atoms with Gasteiger partial charge in [-0.1, -0.05) is 24.6 Å². The van der Waals surface area contributed by atoms with E-state index in [1.165, 1.54) is 13.5 Å². The third-order valence-electron chi connectivity index (χ3n) is 6.27. The number of aryl methyl sites for hydroxylation is 1. The van der Waals surface area contributed by atoms with Gasteiger partial charge in [-0.25, -0.2) is 4.98 Å². The highest BCUT2D eigenvalue weighted by atomic mass is 19.4. The Morgan fingerprint density at radius 3 is 2.66 bits per heavy atom. The summed E-state index contributed by atoms with van der Waals surface area (Å²) in [5, 5.41) is 18.3. The molecule has 0 unspecified atom stereocenters. The third kappa shape index (κ3) is 3.39. The predicted octanol–water partition coefficient (Wildman–Crippen LogP) is 4.75. The second kappa shape index (κ2) is 7.61. The average molecular weight is 441 g/mol. The molecule has 1 fully saturated rings. The summed E-state index contributed by atoms with van der Waals surface area (Å²) in [6.45, 7) is 0. The molecule has 0 spiro atoms. The van der Waals surface area contributed by atoms with Gasteiger partial charge >= 0.3 is 6.18 Å². The van der Waals surface area contributed by atoms with Crippen LogP contribution in [0.1, 0.15) is 42.1 Å². The van der Waals surface area contributed by atoms with Crippen LogP contribution in [0.15, 0.2) is 36.7 Å². The van der Waals surface area contributed by atoms with E-state index >= 15 is 0 Å². The Hall–Kier alpha value is -3.43. The number of nitrogens with zero attached hydrogens (tertiary/aromatic N) is 5. The molecule has 10 heteroatoms. The topological polar surface area (TPSA) is 84.3 Å². The molecule has 166 valence electrons. The van der Waals surface area contributed by atoms with Crippen LogP contribution in [0, 0.1) is 5.92 Å². The molecule has 0 bridgehead atoms. The lowest BCUT2D eigenvalue weighted by Crippen LogP contribution is -2.24. The van der Waals surface area contributed by atoms with Crippen molar-refractivity contribution in [3.05, 3.63) is 53.6 Å². The largest absolute Gasteiger partial charge is 0.419 e. The van der Waals surface area contributed by atoms with Crippen LogP contribution in [-0.4, -0.2) is 37.0 Å². The van der Waals surface area contributed by atoms with Crippen LogP contribution < -0.4 is 5.32 Å². The van der Waals surface area contributed by atoms with Crippen molar-refractivity contribution < 1.29 is 13.2 Å². The normalized spacial score (nSPS) is 15.7. The van der Waals surface area contributed by atoms with Gasteiger partial charge in [-0.15, -0.1) is 10.2 Å². The molecule has 1 atom stereocenters. The number of H-pyrrole nitrogens is 1. The summed E-state index contributed by atoms with van der Waals surface area (Å²) in [5.41, 5.74) is 1.72. The summed E-state index contributed by atoms with van der Waals surface area (Å²) < 4.78 is 42.7. The molecule has 7 nitrogen and oxygen atoms in total. The number of hydrogen-bond donors (Lipinski definition) is 2. The second-order valence-corrected chi connectivity index (χ2v) is 8.20. The highest BCUT2D eigenvalue weighted by molar-refractivity contribution is 5.92. The quantitative estimate of drug-likeness (QED) is 0.467. The molecular formula is C22H22F3N7. The number of benzene rings is 1. The summed E-state index contributed by atoms with van der Waals surface area (Å²) in [5.74, 6) is 1.18. The minimum Gasteiger partial charge on any atom is -0.373 e. The van der Waals surface area contributed by atoms with E-state index in [0.717, 1.165) is 35.9 Å². The molecule has 3 aromatic heterocycles. The van der Waals surface area contributed by atoms with Gasteiger partial charge in [0.1, 0.15) is 18.0 Å². The Labute approximate surface area is 182 Å². The van der Waals surface area contributed by atoms with Gasteiger partial charge in [-0.05, 0) is 36.5 Å². The zero-order valence-corrected chi connectivity index (χ0v) is 17.6. The van der Waals surface area contributed by atoms with Crippen LogP contribution in [0.4, 0.5) is 19.0 Å². The molecule has 0 aliphatic heterocycles. The Morgan fingerprint density at radius 2 is 2.03 bits per heavy atom. The molecule has 4 aromatic rings. The molecule has 5 rings (SSSR count). The SMILES string of the molecule is CNc1nc2n[nH]c(-c3cccc([C@H](c4nncn4C)C4CCC4)c3)c2cc1C(F)(F)F. The van der Waals surface area contributed by atoms with Crippen molar-refractivity contribution in [1.29, 1.82) is 0 Å². The van der Waals surface area contributed by atoms with Crippen LogP contribution in [0.25, 0.3) is 22.3 Å². The van der Waals surface area contributed by atoms with E-state index in [-0.39, 0.29) is 17.4 Å². The minimum atomic E-state index is -4.53. The fourth-order valence-electron chi connectivity index (χ4n) is 4.44. The lowest BCUT2D eigenvalue weighted by atomic mass is 9.72. The van der Waals surface area contributed by atoms with Crippen molar-refractivity contribution in [3.8, 4) is 11.3 Å². The molecule has 32 heavy (non-hydrogen) atoms. The molecule has 0 radical (unpaired) electrons. The van der Waals surface area contributed by atoms with Gasteiger partial charge in [-0.2, -0.15) is 18.3 Å². The predicted molar refractivity (Wildman–Crippen MR) is 114 cm³/mol. The summed E-state index contributed by atoms with van der Waals surface area (Å²) in [7, 11) is 3.34. The smallest absolute Gasteiger partial charge is 0.373 e. The Balaban J connectivity index is 1.62. The molecule has 1 aliphatic carbocycles. The number of anilines is 1. The standard InChI is InChI=1S/C22H22F3N7/c1-26-20-16(22(23,24)25)10-15-18(29-30-19(15)28-20)14-8-4-7-13(9-14)17(12-5-3-6-12)21-31-27-11-32(21)2/h4,7-12,17H,3,5-6H2,1-2H3,(H2,26,28,29,30)/t17-/m1/s1. The number of aromatic nitrogens is 6. The first-order valence-electron chi connectivity index (χ1n) is 10.4. The molecule has 1 saturated carbocycles. The molecular weight excluding hydrogens is 419 g/mol. The molecule has 0 saturated heterocycles. The van der Waals surface area contributed by atoms with Crippen molar-refractivity contribution in [2.75, 3.05) is 12.4 Å². The zero-order valence-electron chi connectivity index (χ0n) is 17.6. The lowest BCUT2D eigenvalue weighted by molar-refractivity contribution is -0.137. The van der Waals surface area contributed by atoms with Gasteiger partial charge in [0, 0.05) is 31.0 Å². The van der Waals surface area contributed by atoms with Gasteiger partial charge in [0.05, 0.1) is 11.3 Å². The fraction of sp³-hybridized carbons (Fsp3) is 0.364. The number of pyridine rings is 1. The average Bonchev–Trinajstić information content (AvgIpc) is 3.34. The maximum atomic E-state index is 13.6. The van der Waals surface area contributed by atoms with Gasteiger partial charge in [0.15, 0.2) is 5.65 Å². The highest BCUT2D eigenvalue weighted by Gasteiger charge is 2.36. The Bertz CT molecular complexity index is 1270. The van der Waals surface area contributed by atoms with Crippen molar-refractivity contribution >= 4 is 16.9 Å². The van der Waals surface area contributed by atoms with Crippen LogP contribution in [0.2, 0.25) is 0 Å². The van der Waals surface area contributed by atoms with Gasteiger partial charge in [-0.3, -0.25) is 5.10 Å². The zero-order chi connectivity index (χ0) is 22.5. The lowest BCUT2D eigenvalue weighted by Gasteiger charge is -2.33. The number of rotatable bonds is 5. The second-order valence-electron chi connectivity index (χ2n) is 8.20.